The van der Waals surface area contributed by atoms with Crippen LogP contribution in [0.4, 0.5) is 10.2 Å². The van der Waals surface area contributed by atoms with Gasteiger partial charge in [-0.05, 0) is 18.2 Å². The zero-order chi connectivity index (χ0) is 18.6. The van der Waals surface area contributed by atoms with Gasteiger partial charge in [-0.1, -0.05) is 6.07 Å². The van der Waals surface area contributed by atoms with Gasteiger partial charge in [-0.25, -0.2) is 9.37 Å². The number of piperazine rings is 1. The lowest BCUT2D eigenvalue weighted by molar-refractivity contribution is 0.0566. The van der Waals surface area contributed by atoms with E-state index in [1.54, 1.807) is 13.2 Å². The fourth-order valence-corrected chi connectivity index (χ4v) is 3.59. The molecule has 1 aromatic heterocycles. The number of hydrogen-bond acceptors (Lipinski definition) is 6. The molecule has 0 aliphatic carbocycles. The standard InChI is InChI=1S/C20H24FN3O3/c1-25-13-15-3-2-6-22-20(15)24-9-7-23(8-10-24)12-17-14-26-18-5-4-16(21)11-19(18)27-17/h2-6,11,17H,7-10,12-14H2,1H3/t17-/m0/s1. The Morgan fingerprint density at radius 2 is 2.04 bits per heavy atom. The van der Waals surface area contributed by atoms with Crippen molar-refractivity contribution in [2.75, 3.05) is 51.3 Å². The molecule has 144 valence electrons. The zero-order valence-electron chi connectivity index (χ0n) is 15.4. The molecule has 0 unspecified atom stereocenters. The summed E-state index contributed by atoms with van der Waals surface area (Å²) in [5.41, 5.74) is 1.11. The molecule has 2 aliphatic heterocycles. The number of fused-ring (bicyclic) bond motifs is 1. The highest BCUT2D eigenvalue weighted by molar-refractivity contribution is 5.47. The second-order valence-electron chi connectivity index (χ2n) is 6.85. The largest absolute Gasteiger partial charge is 0.486 e. The first-order valence-corrected chi connectivity index (χ1v) is 9.22. The van der Waals surface area contributed by atoms with Crippen LogP contribution in [0.15, 0.2) is 36.5 Å². The predicted octanol–water partition coefficient (Wildman–Crippen LogP) is 2.33. The predicted molar refractivity (Wildman–Crippen MR) is 99.9 cm³/mol. The van der Waals surface area contributed by atoms with Crippen molar-refractivity contribution in [1.29, 1.82) is 0 Å². The molecule has 2 aromatic rings. The maximum atomic E-state index is 13.4. The molecule has 1 aromatic carbocycles. The third kappa shape index (κ3) is 4.14. The molecular formula is C20H24FN3O3. The van der Waals surface area contributed by atoms with Crippen LogP contribution in [-0.2, 0) is 11.3 Å². The van der Waals surface area contributed by atoms with Gasteiger partial charge in [0.1, 0.15) is 24.3 Å². The summed E-state index contributed by atoms with van der Waals surface area (Å²) in [5.74, 6) is 1.79. The van der Waals surface area contributed by atoms with E-state index in [2.05, 4.69) is 20.9 Å². The molecule has 7 heteroatoms. The first-order valence-electron chi connectivity index (χ1n) is 9.22. The maximum Gasteiger partial charge on any atom is 0.164 e. The molecule has 27 heavy (non-hydrogen) atoms. The summed E-state index contributed by atoms with van der Waals surface area (Å²) < 4.78 is 30.3. The van der Waals surface area contributed by atoms with Gasteiger partial charge in [-0.2, -0.15) is 0 Å². The van der Waals surface area contributed by atoms with Crippen LogP contribution in [0.25, 0.3) is 0 Å². The Hall–Kier alpha value is -2.38. The Balaban J connectivity index is 1.33. The highest BCUT2D eigenvalue weighted by Crippen LogP contribution is 2.32. The molecule has 0 saturated carbocycles. The van der Waals surface area contributed by atoms with Gasteiger partial charge in [0, 0.05) is 57.7 Å². The Bertz CT molecular complexity index is 781. The van der Waals surface area contributed by atoms with E-state index in [1.807, 2.05) is 12.3 Å². The van der Waals surface area contributed by atoms with Gasteiger partial charge in [0.25, 0.3) is 0 Å². The highest BCUT2D eigenvalue weighted by Gasteiger charge is 2.26. The van der Waals surface area contributed by atoms with E-state index in [0.29, 0.717) is 24.7 Å². The van der Waals surface area contributed by atoms with Crippen molar-refractivity contribution in [3.05, 3.63) is 47.9 Å². The quantitative estimate of drug-likeness (QED) is 0.802. The van der Waals surface area contributed by atoms with Gasteiger partial charge in [0.15, 0.2) is 11.5 Å². The van der Waals surface area contributed by atoms with E-state index in [4.69, 9.17) is 14.2 Å². The molecular weight excluding hydrogens is 349 g/mol. The number of ether oxygens (including phenoxy) is 3. The van der Waals surface area contributed by atoms with Gasteiger partial charge in [-0.3, -0.25) is 4.90 Å². The first kappa shape index (κ1) is 18.0. The molecule has 0 amide bonds. The van der Waals surface area contributed by atoms with Crippen LogP contribution in [0.1, 0.15) is 5.56 Å². The van der Waals surface area contributed by atoms with Gasteiger partial charge >= 0.3 is 0 Å². The second kappa shape index (κ2) is 8.10. The summed E-state index contributed by atoms with van der Waals surface area (Å²) in [6.45, 7) is 5.43. The molecule has 0 spiro atoms. The summed E-state index contributed by atoms with van der Waals surface area (Å²) in [4.78, 5) is 9.20. The average molecular weight is 373 g/mol. The van der Waals surface area contributed by atoms with Crippen LogP contribution in [-0.4, -0.2) is 62.4 Å². The molecule has 3 heterocycles. The Labute approximate surface area is 158 Å². The molecule has 1 saturated heterocycles. The monoisotopic (exact) mass is 373 g/mol. The summed E-state index contributed by atoms with van der Waals surface area (Å²) in [6, 6.07) is 8.39. The summed E-state index contributed by atoms with van der Waals surface area (Å²) in [5, 5.41) is 0. The number of aromatic nitrogens is 1. The summed E-state index contributed by atoms with van der Waals surface area (Å²) in [6.07, 6.45) is 1.73. The van der Waals surface area contributed by atoms with Crippen molar-refractivity contribution >= 4 is 5.82 Å². The normalized spacial score (nSPS) is 19.9. The van der Waals surface area contributed by atoms with Gasteiger partial charge < -0.3 is 19.1 Å². The molecule has 1 fully saturated rings. The van der Waals surface area contributed by atoms with Crippen LogP contribution in [0, 0.1) is 5.82 Å². The smallest absolute Gasteiger partial charge is 0.164 e. The van der Waals surface area contributed by atoms with E-state index in [-0.39, 0.29) is 11.9 Å². The number of rotatable bonds is 5. The molecule has 1 atom stereocenters. The molecule has 0 radical (unpaired) electrons. The Morgan fingerprint density at radius 1 is 1.19 bits per heavy atom. The van der Waals surface area contributed by atoms with Crippen molar-refractivity contribution in [1.82, 2.24) is 9.88 Å². The number of anilines is 1. The fraction of sp³-hybridized carbons (Fsp3) is 0.450. The highest BCUT2D eigenvalue weighted by atomic mass is 19.1. The number of hydrogen-bond donors (Lipinski definition) is 0. The van der Waals surface area contributed by atoms with E-state index in [0.717, 1.165) is 44.1 Å². The van der Waals surface area contributed by atoms with Crippen molar-refractivity contribution in [2.24, 2.45) is 0 Å². The number of benzene rings is 1. The lowest BCUT2D eigenvalue weighted by Gasteiger charge is -2.38. The average Bonchev–Trinajstić information content (AvgIpc) is 2.69. The third-order valence-corrected chi connectivity index (χ3v) is 4.93. The van der Waals surface area contributed by atoms with E-state index in [1.165, 1.54) is 12.1 Å². The molecule has 4 rings (SSSR count). The van der Waals surface area contributed by atoms with E-state index < -0.39 is 0 Å². The number of pyridine rings is 1. The van der Waals surface area contributed by atoms with Gasteiger partial charge in [-0.15, -0.1) is 0 Å². The lowest BCUT2D eigenvalue weighted by Crippen LogP contribution is -2.51. The molecule has 0 bridgehead atoms. The van der Waals surface area contributed by atoms with Crippen LogP contribution in [0.5, 0.6) is 11.5 Å². The minimum absolute atomic E-state index is 0.0928. The molecule has 0 N–H and O–H groups in total. The van der Waals surface area contributed by atoms with Crippen molar-refractivity contribution in [3.63, 3.8) is 0 Å². The minimum atomic E-state index is -0.311. The topological polar surface area (TPSA) is 47.1 Å². The van der Waals surface area contributed by atoms with E-state index in [9.17, 15) is 4.39 Å². The number of methoxy groups -OCH3 is 1. The van der Waals surface area contributed by atoms with Crippen LogP contribution >= 0.6 is 0 Å². The minimum Gasteiger partial charge on any atom is -0.486 e. The van der Waals surface area contributed by atoms with Crippen molar-refractivity contribution < 1.29 is 18.6 Å². The Morgan fingerprint density at radius 3 is 2.85 bits per heavy atom. The van der Waals surface area contributed by atoms with Crippen LogP contribution in [0.2, 0.25) is 0 Å². The summed E-state index contributed by atoms with van der Waals surface area (Å²) >= 11 is 0. The number of halogens is 1. The summed E-state index contributed by atoms with van der Waals surface area (Å²) in [7, 11) is 1.70. The van der Waals surface area contributed by atoms with Gasteiger partial charge in [0.05, 0.1) is 6.61 Å². The van der Waals surface area contributed by atoms with Crippen LogP contribution in [0.3, 0.4) is 0 Å². The lowest BCUT2D eigenvalue weighted by atomic mass is 10.2. The van der Waals surface area contributed by atoms with Crippen molar-refractivity contribution in [3.8, 4) is 11.5 Å². The SMILES string of the molecule is COCc1cccnc1N1CCN(C[C@H]2COc3ccc(F)cc3O2)CC1. The van der Waals surface area contributed by atoms with Crippen LogP contribution < -0.4 is 14.4 Å². The second-order valence-corrected chi connectivity index (χ2v) is 6.85. The number of nitrogens with zero attached hydrogens (tertiary/aromatic N) is 3. The maximum absolute atomic E-state index is 13.4. The molecule has 6 nitrogen and oxygen atoms in total. The van der Waals surface area contributed by atoms with E-state index >= 15 is 0 Å². The van der Waals surface area contributed by atoms with Crippen molar-refractivity contribution in [2.45, 2.75) is 12.7 Å². The Kier molecular flexibility index (Phi) is 5.40. The zero-order valence-corrected chi connectivity index (χ0v) is 15.4. The third-order valence-electron chi connectivity index (χ3n) is 4.93. The molecule has 2 aliphatic rings. The first-order chi connectivity index (χ1) is 13.2. The fourth-order valence-electron chi connectivity index (χ4n) is 3.59. The van der Waals surface area contributed by atoms with Gasteiger partial charge in [0.2, 0.25) is 0 Å².